The van der Waals surface area contributed by atoms with E-state index in [-0.39, 0.29) is 0 Å². The highest BCUT2D eigenvalue weighted by atomic mass is 32.1. The summed E-state index contributed by atoms with van der Waals surface area (Å²) in [7, 11) is 1.74. The first-order valence-corrected chi connectivity index (χ1v) is 4.25. The molecule has 0 amide bonds. The van der Waals surface area contributed by atoms with E-state index >= 15 is 0 Å². The van der Waals surface area contributed by atoms with Gasteiger partial charge < -0.3 is 5.73 Å². The average molecular weight is 184 g/mol. The molecule has 2 nitrogen and oxygen atoms in total. The van der Waals surface area contributed by atoms with Crippen molar-refractivity contribution in [3.8, 4) is 0 Å². The Hall–Kier alpha value is -0.510. The van der Waals surface area contributed by atoms with E-state index in [0.29, 0.717) is 6.54 Å². The summed E-state index contributed by atoms with van der Waals surface area (Å²) in [5, 5.41) is 0. The molecule has 0 aliphatic rings. The van der Waals surface area contributed by atoms with Gasteiger partial charge in [-0.2, -0.15) is 0 Å². The minimum Gasteiger partial charge on any atom is -0.326 e. The van der Waals surface area contributed by atoms with Gasteiger partial charge in [-0.25, -0.2) is 0 Å². The quantitative estimate of drug-likeness (QED) is 0.579. The maximum absolute atomic E-state index is 5.40. The maximum atomic E-state index is 5.40. The van der Waals surface area contributed by atoms with Crippen LogP contribution in [0.25, 0.3) is 0 Å². The molecule has 3 heteroatoms. The van der Waals surface area contributed by atoms with E-state index < -0.39 is 0 Å². The molecule has 0 bridgehead atoms. The van der Waals surface area contributed by atoms with E-state index in [0.717, 1.165) is 0 Å². The van der Waals surface area contributed by atoms with Crippen molar-refractivity contribution in [1.82, 2.24) is 4.72 Å². The summed E-state index contributed by atoms with van der Waals surface area (Å²) in [6.45, 7) is 2.71. The second kappa shape index (κ2) is 7.16. The van der Waals surface area contributed by atoms with Crippen LogP contribution in [0.2, 0.25) is 0 Å². The zero-order chi connectivity index (χ0) is 9.40. The summed E-state index contributed by atoms with van der Waals surface area (Å²) < 4.78 is 2.44. The smallest absolute Gasteiger partial charge is 0.0178 e. The molecular formula is C9H16N2S. The van der Waals surface area contributed by atoms with Crippen LogP contribution in [-0.2, 0) is 6.54 Å². The molecule has 0 heterocycles. The van der Waals surface area contributed by atoms with Gasteiger partial charge in [-0.15, -0.1) is 0 Å². The Morgan fingerprint density at radius 1 is 1.33 bits per heavy atom. The number of aryl methyl sites for hydroxylation is 1. The lowest BCUT2D eigenvalue weighted by Crippen LogP contribution is -1.94. The van der Waals surface area contributed by atoms with E-state index in [1.54, 1.807) is 7.05 Å². The molecule has 0 unspecified atom stereocenters. The molecule has 1 aromatic carbocycles. The first kappa shape index (κ1) is 11.5. The van der Waals surface area contributed by atoms with Gasteiger partial charge in [-0.3, -0.25) is 4.72 Å². The molecule has 1 rings (SSSR count). The summed E-state index contributed by atoms with van der Waals surface area (Å²) in [5.41, 5.74) is 7.88. The minimum atomic E-state index is 0.639. The summed E-state index contributed by atoms with van der Waals surface area (Å²) in [4.78, 5) is 0. The monoisotopic (exact) mass is 184 g/mol. The van der Waals surface area contributed by atoms with Crippen molar-refractivity contribution in [2.45, 2.75) is 13.5 Å². The Balaban J connectivity index is 0.000000354. The van der Waals surface area contributed by atoms with Gasteiger partial charge in [0.05, 0.1) is 0 Å². The first-order chi connectivity index (χ1) is 5.74. The topological polar surface area (TPSA) is 38.0 Å². The highest BCUT2D eigenvalue weighted by Gasteiger charge is 1.84. The lowest BCUT2D eigenvalue weighted by molar-refractivity contribution is 1.07. The molecule has 0 saturated heterocycles. The Morgan fingerprint density at radius 3 is 2.08 bits per heavy atom. The van der Waals surface area contributed by atoms with Crippen molar-refractivity contribution in [2.24, 2.45) is 5.73 Å². The molecule has 0 radical (unpaired) electrons. The normalized spacial score (nSPS) is 8.67. The van der Waals surface area contributed by atoms with Crippen molar-refractivity contribution in [1.29, 1.82) is 0 Å². The second-order valence-electron chi connectivity index (χ2n) is 2.41. The zero-order valence-electron chi connectivity index (χ0n) is 7.54. The summed E-state index contributed by atoms with van der Waals surface area (Å²) >= 11 is 3.54. The van der Waals surface area contributed by atoms with Crippen LogP contribution >= 0.6 is 12.8 Å². The molecular weight excluding hydrogens is 168 g/mol. The van der Waals surface area contributed by atoms with Crippen molar-refractivity contribution >= 4 is 12.8 Å². The molecule has 0 aliphatic carbocycles. The molecule has 0 spiro atoms. The fraction of sp³-hybridized carbons (Fsp3) is 0.333. The number of thiol groups is 1. The van der Waals surface area contributed by atoms with Crippen LogP contribution in [0.15, 0.2) is 24.3 Å². The maximum Gasteiger partial charge on any atom is 0.0178 e. The molecule has 68 valence electrons. The SMILES string of the molecule is CNS.Cc1ccc(CN)cc1. The fourth-order valence-electron chi connectivity index (χ4n) is 0.724. The molecule has 1 aromatic rings. The van der Waals surface area contributed by atoms with Crippen molar-refractivity contribution in [3.63, 3.8) is 0 Å². The summed E-state index contributed by atoms with van der Waals surface area (Å²) in [6, 6.07) is 8.25. The third-order valence-electron chi connectivity index (χ3n) is 1.36. The van der Waals surface area contributed by atoms with Gasteiger partial charge in [0.1, 0.15) is 0 Å². The third kappa shape index (κ3) is 5.18. The van der Waals surface area contributed by atoms with Gasteiger partial charge in [0, 0.05) is 6.54 Å². The Bertz CT molecular complexity index is 196. The highest BCUT2D eigenvalue weighted by molar-refractivity contribution is 7.78. The molecule has 12 heavy (non-hydrogen) atoms. The van der Waals surface area contributed by atoms with Crippen LogP contribution in [0.4, 0.5) is 0 Å². The predicted molar refractivity (Wildman–Crippen MR) is 57.1 cm³/mol. The number of hydrogen-bond donors (Lipinski definition) is 3. The molecule has 3 N–H and O–H groups in total. The number of rotatable bonds is 1. The van der Waals surface area contributed by atoms with Gasteiger partial charge in [-0.1, -0.05) is 42.6 Å². The van der Waals surface area contributed by atoms with E-state index in [4.69, 9.17) is 5.73 Å². The number of nitrogens with two attached hydrogens (primary N) is 1. The van der Waals surface area contributed by atoms with E-state index in [9.17, 15) is 0 Å². The lowest BCUT2D eigenvalue weighted by atomic mass is 10.2. The number of hydrogen-bond acceptors (Lipinski definition) is 3. The standard InChI is InChI=1S/C8H11N.CH5NS/c1-7-2-4-8(6-9)5-3-7;1-2-3/h2-5H,6,9H2,1H3;2-3H,1H3. The van der Waals surface area contributed by atoms with Crippen LogP contribution in [0.3, 0.4) is 0 Å². The van der Waals surface area contributed by atoms with Gasteiger partial charge in [0.2, 0.25) is 0 Å². The average Bonchev–Trinajstić information content (AvgIpc) is 2.07. The Labute approximate surface area is 79.7 Å². The zero-order valence-corrected chi connectivity index (χ0v) is 8.44. The first-order valence-electron chi connectivity index (χ1n) is 3.81. The molecule has 0 aliphatic heterocycles. The minimum absolute atomic E-state index is 0.639. The Morgan fingerprint density at radius 2 is 1.75 bits per heavy atom. The summed E-state index contributed by atoms with van der Waals surface area (Å²) in [5.74, 6) is 0. The van der Waals surface area contributed by atoms with Crippen LogP contribution in [0.1, 0.15) is 11.1 Å². The highest BCUT2D eigenvalue weighted by Crippen LogP contribution is 2.00. The van der Waals surface area contributed by atoms with Crippen LogP contribution in [-0.4, -0.2) is 7.05 Å². The second-order valence-corrected chi connectivity index (χ2v) is 2.86. The largest absolute Gasteiger partial charge is 0.326 e. The van der Waals surface area contributed by atoms with Gasteiger partial charge >= 0.3 is 0 Å². The van der Waals surface area contributed by atoms with Crippen LogP contribution in [0.5, 0.6) is 0 Å². The van der Waals surface area contributed by atoms with Gasteiger partial charge in [0.15, 0.2) is 0 Å². The van der Waals surface area contributed by atoms with Crippen LogP contribution in [0, 0.1) is 6.92 Å². The van der Waals surface area contributed by atoms with Crippen molar-refractivity contribution in [3.05, 3.63) is 35.4 Å². The number of benzene rings is 1. The molecule has 0 aromatic heterocycles. The van der Waals surface area contributed by atoms with Gasteiger partial charge in [0.25, 0.3) is 0 Å². The fourth-order valence-corrected chi connectivity index (χ4v) is 0.724. The van der Waals surface area contributed by atoms with Crippen LogP contribution < -0.4 is 10.5 Å². The van der Waals surface area contributed by atoms with E-state index in [2.05, 4.69) is 48.7 Å². The number of nitrogens with one attached hydrogen (secondary N) is 1. The van der Waals surface area contributed by atoms with E-state index in [1.165, 1.54) is 11.1 Å². The van der Waals surface area contributed by atoms with Gasteiger partial charge in [-0.05, 0) is 19.5 Å². The van der Waals surface area contributed by atoms with Crippen molar-refractivity contribution in [2.75, 3.05) is 7.05 Å². The Kier molecular flexibility index (Phi) is 6.85. The van der Waals surface area contributed by atoms with Crippen molar-refractivity contribution < 1.29 is 0 Å². The molecule has 0 atom stereocenters. The summed E-state index contributed by atoms with van der Waals surface area (Å²) in [6.07, 6.45) is 0. The third-order valence-corrected chi connectivity index (χ3v) is 1.36. The molecule has 0 fully saturated rings. The lowest BCUT2D eigenvalue weighted by Gasteiger charge is -1.94. The molecule has 0 saturated carbocycles. The van der Waals surface area contributed by atoms with E-state index in [1.807, 2.05) is 0 Å². The predicted octanol–water partition coefficient (Wildman–Crippen LogP) is 1.50.